The van der Waals surface area contributed by atoms with Crippen LogP contribution in [0.3, 0.4) is 0 Å². The second kappa shape index (κ2) is 4.92. The molecule has 2 heterocycles. The summed E-state index contributed by atoms with van der Waals surface area (Å²) in [5.41, 5.74) is 6.55. The molecule has 1 saturated heterocycles. The zero-order chi connectivity index (χ0) is 12.5. The number of hydrogen-bond acceptors (Lipinski definition) is 5. The molecule has 2 N–H and O–H groups in total. The van der Waals surface area contributed by atoms with E-state index in [0.717, 1.165) is 30.3 Å². The van der Waals surface area contributed by atoms with Gasteiger partial charge in [-0.25, -0.2) is 4.98 Å². The first-order valence-corrected chi connectivity index (χ1v) is 6.95. The molecule has 0 amide bonds. The fourth-order valence-electron chi connectivity index (χ4n) is 2.30. The molecule has 5 heteroatoms. The summed E-state index contributed by atoms with van der Waals surface area (Å²) in [6.07, 6.45) is 1.11. The van der Waals surface area contributed by atoms with Crippen molar-refractivity contribution in [1.29, 1.82) is 0 Å². The molecule has 0 aromatic carbocycles. The molecule has 1 aliphatic heterocycles. The number of thiazole rings is 1. The Labute approximate surface area is 107 Å². The Kier molecular flexibility index (Phi) is 3.70. The molecule has 1 unspecified atom stereocenters. The van der Waals surface area contributed by atoms with E-state index in [2.05, 4.69) is 36.0 Å². The van der Waals surface area contributed by atoms with E-state index in [4.69, 9.17) is 10.5 Å². The van der Waals surface area contributed by atoms with E-state index in [1.54, 1.807) is 11.3 Å². The third-order valence-electron chi connectivity index (χ3n) is 2.78. The van der Waals surface area contributed by atoms with E-state index < -0.39 is 0 Å². The number of nitrogens with zero attached hydrogens (tertiary/aromatic N) is 2. The van der Waals surface area contributed by atoms with Gasteiger partial charge >= 0.3 is 0 Å². The second-order valence-electron chi connectivity index (χ2n) is 5.23. The third kappa shape index (κ3) is 3.18. The van der Waals surface area contributed by atoms with Gasteiger partial charge in [-0.2, -0.15) is 0 Å². The maximum absolute atomic E-state index is 5.89. The second-order valence-corrected chi connectivity index (χ2v) is 6.07. The molecule has 1 aromatic heterocycles. The lowest BCUT2D eigenvalue weighted by Gasteiger charge is -2.41. The topological polar surface area (TPSA) is 51.4 Å². The van der Waals surface area contributed by atoms with Gasteiger partial charge in [0.1, 0.15) is 0 Å². The van der Waals surface area contributed by atoms with Gasteiger partial charge in [-0.3, -0.25) is 0 Å². The Morgan fingerprint density at radius 2 is 2.41 bits per heavy atom. The van der Waals surface area contributed by atoms with Crippen molar-refractivity contribution < 1.29 is 4.74 Å². The lowest BCUT2D eigenvalue weighted by molar-refractivity contribution is -0.0749. The average molecular weight is 255 g/mol. The molecule has 1 atom stereocenters. The molecule has 96 valence electrons. The van der Waals surface area contributed by atoms with E-state index in [1.165, 1.54) is 0 Å². The van der Waals surface area contributed by atoms with Crippen molar-refractivity contribution in [3.63, 3.8) is 0 Å². The van der Waals surface area contributed by atoms with Crippen molar-refractivity contribution >= 4 is 16.5 Å². The van der Waals surface area contributed by atoms with Crippen LogP contribution in [0.4, 0.5) is 5.13 Å². The van der Waals surface area contributed by atoms with Crippen LogP contribution in [0.5, 0.6) is 0 Å². The molecule has 0 saturated carbocycles. The Morgan fingerprint density at radius 1 is 1.65 bits per heavy atom. The van der Waals surface area contributed by atoms with Crippen LogP contribution < -0.4 is 10.6 Å². The minimum atomic E-state index is -0.0998. The molecule has 1 fully saturated rings. The van der Waals surface area contributed by atoms with E-state index in [-0.39, 0.29) is 11.7 Å². The Morgan fingerprint density at radius 3 is 3.06 bits per heavy atom. The highest BCUT2D eigenvalue weighted by molar-refractivity contribution is 7.13. The van der Waals surface area contributed by atoms with Crippen molar-refractivity contribution in [3.8, 4) is 0 Å². The Balaban J connectivity index is 2.10. The minimum Gasteiger partial charge on any atom is -0.369 e. The van der Waals surface area contributed by atoms with Crippen molar-refractivity contribution in [3.05, 3.63) is 11.1 Å². The monoisotopic (exact) mass is 255 g/mol. The minimum absolute atomic E-state index is 0.0998. The molecular weight excluding hydrogens is 234 g/mol. The van der Waals surface area contributed by atoms with Gasteiger partial charge in [-0.05, 0) is 27.3 Å². The highest BCUT2D eigenvalue weighted by Gasteiger charge is 2.32. The SMILES string of the molecule is CC1CN(c2nc(CCN)cs2)CC(C)(C)O1. The Bertz CT molecular complexity index is 378. The number of hydrogen-bond donors (Lipinski definition) is 1. The lowest BCUT2D eigenvalue weighted by atomic mass is 10.1. The maximum atomic E-state index is 5.89. The number of anilines is 1. The number of aromatic nitrogens is 1. The van der Waals surface area contributed by atoms with Gasteiger partial charge in [0.15, 0.2) is 5.13 Å². The normalized spacial score (nSPS) is 24.0. The first kappa shape index (κ1) is 12.8. The summed E-state index contributed by atoms with van der Waals surface area (Å²) < 4.78 is 5.89. The van der Waals surface area contributed by atoms with Gasteiger partial charge in [-0.1, -0.05) is 0 Å². The van der Waals surface area contributed by atoms with Crippen molar-refractivity contribution in [2.45, 2.75) is 38.9 Å². The predicted molar refractivity (Wildman–Crippen MR) is 71.7 cm³/mol. The van der Waals surface area contributed by atoms with Crippen LogP contribution >= 0.6 is 11.3 Å². The van der Waals surface area contributed by atoms with Gasteiger partial charge in [0.25, 0.3) is 0 Å². The fourth-order valence-corrected chi connectivity index (χ4v) is 3.17. The van der Waals surface area contributed by atoms with Crippen LogP contribution in [0, 0.1) is 0 Å². The summed E-state index contributed by atoms with van der Waals surface area (Å²) in [5.74, 6) is 0. The summed E-state index contributed by atoms with van der Waals surface area (Å²) in [5, 5.41) is 3.20. The molecule has 0 radical (unpaired) electrons. The summed E-state index contributed by atoms with van der Waals surface area (Å²) in [7, 11) is 0. The number of nitrogens with two attached hydrogens (primary N) is 1. The van der Waals surface area contributed by atoms with E-state index in [1.807, 2.05) is 0 Å². The van der Waals surface area contributed by atoms with Crippen LogP contribution in [0.2, 0.25) is 0 Å². The number of ether oxygens (including phenoxy) is 1. The van der Waals surface area contributed by atoms with Gasteiger partial charge in [0.05, 0.1) is 17.4 Å². The molecule has 0 spiro atoms. The largest absolute Gasteiger partial charge is 0.369 e. The van der Waals surface area contributed by atoms with Gasteiger partial charge in [-0.15, -0.1) is 11.3 Å². The number of morpholine rings is 1. The summed E-state index contributed by atoms with van der Waals surface area (Å²) in [4.78, 5) is 6.95. The summed E-state index contributed by atoms with van der Waals surface area (Å²) in [6.45, 7) is 8.84. The molecule has 1 aromatic rings. The molecule has 4 nitrogen and oxygen atoms in total. The van der Waals surface area contributed by atoms with Crippen LogP contribution in [0.1, 0.15) is 26.5 Å². The smallest absolute Gasteiger partial charge is 0.185 e. The summed E-state index contributed by atoms with van der Waals surface area (Å²) >= 11 is 1.70. The number of rotatable bonds is 3. The van der Waals surface area contributed by atoms with Crippen LogP contribution in [0.25, 0.3) is 0 Å². The third-order valence-corrected chi connectivity index (χ3v) is 3.73. The van der Waals surface area contributed by atoms with Gasteiger partial charge in [0, 0.05) is 24.9 Å². The molecule has 1 aliphatic rings. The van der Waals surface area contributed by atoms with Crippen molar-refractivity contribution in [1.82, 2.24) is 4.98 Å². The van der Waals surface area contributed by atoms with Crippen molar-refractivity contribution in [2.75, 3.05) is 24.5 Å². The maximum Gasteiger partial charge on any atom is 0.185 e. The molecule has 2 rings (SSSR count). The fraction of sp³-hybridized carbons (Fsp3) is 0.750. The average Bonchev–Trinajstić information content (AvgIpc) is 2.63. The van der Waals surface area contributed by atoms with Crippen LogP contribution in [-0.2, 0) is 11.2 Å². The standard InChI is InChI=1S/C12H21N3OS/c1-9-6-15(8-12(2,3)16-9)11-14-10(4-5-13)7-17-11/h7,9H,4-6,8,13H2,1-3H3. The molecular formula is C12H21N3OS. The highest BCUT2D eigenvalue weighted by Crippen LogP contribution is 2.28. The molecule has 0 aliphatic carbocycles. The van der Waals surface area contributed by atoms with E-state index in [9.17, 15) is 0 Å². The van der Waals surface area contributed by atoms with Crippen LogP contribution in [-0.4, -0.2) is 36.3 Å². The van der Waals surface area contributed by atoms with Crippen molar-refractivity contribution in [2.24, 2.45) is 5.73 Å². The van der Waals surface area contributed by atoms with Gasteiger partial charge in [0.2, 0.25) is 0 Å². The lowest BCUT2D eigenvalue weighted by Crippen LogP contribution is -2.52. The van der Waals surface area contributed by atoms with Gasteiger partial charge < -0.3 is 15.4 Å². The van der Waals surface area contributed by atoms with E-state index >= 15 is 0 Å². The highest BCUT2D eigenvalue weighted by atomic mass is 32.1. The Hall–Kier alpha value is -0.650. The first-order valence-electron chi connectivity index (χ1n) is 6.07. The quantitative estimate of drug-likeness (QED) is 0.892. The summed E-state index contributed by atoms with van der Waals surface area (Å²) in [6, 6.07) is 0. The molecule has 0 bridgehead atoms. The first-order chi connectivity index (χ1) is 8.00. The molecule has 17 heavy (non-hydrogen) atoms. The zero-order valence-corrected chi connectivity index (χ0v) is 11.6. The van der Waals surface area contributed by atoms with Crippen LogP contribution in [0.15, 0.2) is 5.38 Å². The predicted octanol–water partition coefficient (Wildman–Crippen LogP) is 1.65. The van der Waals surface area contributed by atoms with E-state index in [0.29, 0.717) is 6.54 Å². The zero-order valence-electron chi connectivity index (χ0n) is 10.8.